The maximum atomic E-state index is 2.53. The molecular formula is C17H32Si. The van der Waals surface area contributed by atoms with Crippen molar-refractivity contribution in [1.82, 2.24) is 0 Å². The summed E-state index contributed by atoms with van der Waals surface area (Å²) in [5.41, 5.74) is 7.06. The molecule has 0 aliphatic carbocycles. The lowest BCUT2D eigenvalue weighted by Gasteiger charge is -2.11. The van der Waals surface area contributed by atoms with Crippen LogP contribution >= 0.6 is 0 Å². The molecule has 0 atom stereocenters. The van der Waals surface area contributed by atoms with Gasteiger partial charge >= 0.3 is 0 Å². The van der Waals surface area contributed by atoms with Crippen molar-refractivity contribution in [1.29, 1.82) is 0 Å². The largest absolute Gasteiger partial charge is 0.0961 e. The van der Waals surface area contributed by atoms with Crippen LogP contribution in [0.5, 0.6) is 0 Å². The summed E-state index contributed by atoms with van der Waals surface area (Å²) in [4.78, 5) is 0. The van der Waals surface area contributed by atoms with Gasteiger partial charge in [-0.05, 0) is 53.4 Å². The first-order valence-electron chi connectivity index (χ1n) is 7.18. The van der Waals surface area contributed by atoms with E-state index in [0.29, 0.717) is 0 Å². The Labute approximate surface area is 116 Å². The topological polar surface area (TPSA) is 0 Å². The van der Waals surface area contributed by atoms with E-state index in [1.54, 1.807) is 5.57 Å². The smallest absolute Gasteiger partial charge is 0.0686 e. The molecule has 0 aromatic rings. The van der Waals surface area contributed by atoms with E-state index >= 15 is 0 Å². The monoisotopic (exact) mass is 264 g/mol. The van der Waals surface area contributed by atoms with E-state index in [0.717, 1.165) is 0 Å². The van der Waals surface area contributed by atoms with Crippen LogP contribution in [0.25, 0.3) is 0 Å². The Balaban J connectivity index is 4.02. The highest BCUT2D eigenvalue weighted by Crippen LogP contribution is 2.14. The van der Waals surface area contributed by atoms with E-state index in [-0.39, 0.29) is 0 Å². The minimum Gasteiger partial charge on any atom is -0.0961 e. The average molecular weight is 265 g/mol. The Morgan fingerprint density at radius 3 is 1.78 bits per heavy atom. The summed E-state index contributed by atoms with van der Waals surface area (Å²) in [5.74, 6) is 0. The van der Waals surface area contributed by atoms with Crippen LogP contribution in [0, 0.1) is 0 Å². The van der Waals surface area contributed by atoms with E-state index < -0.39 is 8.07 Å². The van der Waals surface area contributed by atoms with Gasteiger partial charge in [0.25, 0.3) is 0 Å². The highest BCUT2D eigenvalue weighted by atomic mass is 28.3. The lowest BCUT2D eigenvalue weighted by Crippen LogP contribution is -2.16. The van der Waals surface area contributed by atoms with Crippen LogP contribution in [-0.2, 0) is 0 Å². The van der Waals surface area contributed by atoms with Crippen molar-refractivity contribution in [3.05, 3.63) is 34.6 Å². The van der Waals surface area contributed by atoms with Crippen molar-refractivity contribution in [2.75, 3.05) is 0 Å². The number of allylic oxidation sites excluding steroid dienone is 5. The summed E-state index contributed by atoms with van der Waals surface area (Å²) in [7, 11) is -1.02. The molecule has 0 bridgehead atoms. The summed E-state index contributed by atoms with van der Waals surface area (Å²) < 4.78 is 0. The SMILES string of the molecule is CC(C)=CCC/C(C)=C/CC/C(C)=C/[Si](C)(C)C. The van der Waals surface area contributed by atoms with Crippen LogP contribution in [0.1, 0.15) is 53.4 Å². The fraction of sp³-hybridized carbons (Fsp3) is 0.647. The molecule has 1 heteroatoms. The van der Waals surface area contributed by atoms with Gasteiger partial charge < -0.3 is 0 Å². The second-order valence-electron chi connectivity index (χ2n) is 6.77. The lowest BCUT2D eigenvalue weighted by atomic mass is 10.1. The van der Waals surface area contributed by atoms with Crippen LogP contribution in [0.15, 0.2) is 34.6 Å². The molecule has 0 amide bonds. The molecule has 0 aromatic heterocycles. The second kappa shape index (κ2) is 8.52. The van der Waals surface area contributed by atoms with Crippen molar-refractivity contribution in [3.8, 4) is 0 Å². The molecule has 0 fully saturated rings. The van der Waals surface area contributed by atoms with Gasteiger partial charge in [0.1, 0.15) is 0 Å². The van der Waals surface area contributed by atoms with Crippen molar-refractivity contribution in [3.63, 3.8) is 0 Å². The molecule has 0 unspecified atom stereocenters. The first-order chi connectivity index (χ1) is 8.20. The zero-order valence-corrected chi connectivity index (χ0v) is 14.6. The number of rotatable bonds is 7. The van der Waals surface area contributed by atoms with Gasteiger partial charge in [0.15, 0.2) is 0 Å². The van der Waals surface area contributed by atoms with Crippen LogP contribution in [-0.4, -0.2) is 8.07 Å². The van der Waals surface area contributed by atoms with Crippen molar-refractivity contribution >= 4 is 8.07 Å². The molecule has 18 heavy (non-hydrogen) atoms. The molecule has 0 radical (unpaired) electrons. The molecule has 0 saturated heterocycles. The van der Waals surface area contributed by atoms with E-state index in [9.17, 15) is 0 Å². The van der Waals surface area contributed by atoms with Crippen molar-refractivity contribution in [2.24, 2.45) is 0 Å². The minimum atomic E-state index is -1.02. The summed E-state index contributed by atoms with van der Waals surface area (Å²) in [6.07, 6.45) is 9.57. The van der Waals surface area contributed by atoms with E-state index in [1.807, 2.05) is 0 Å². The van der Waals surface area contributed by atoms with Gasteiger partial charge in [-0.2, -0.15) is 0 Å². The van der Waals surface area contributed by atoms with Crippen molar-refractivity contribution in [2.45, 2.75) is 73.0 Å². The molecule has 0 spiro atoms. The Kier molecular flexibility index (Phi) is 8.26. The zero-order valence-electron chi connectivity index (χ0n) is 13.6. The van der Waals surface area contributed by atoms with Gasteiger partial charge in [-0.1, -0.05) is 54.2 Å². The van der Waals surface area contributed by atoms with Gasteiger partial charge in [-0.15, -0.1) is 0 Å². The van der Waals surface area contributed by atoms with Gasteiger partial charge in [0.2, 0.25) is 0 Å². The molecule has 0 aliphatic rings. The molecule has 104 valence electrons. The maximum absolute atomic E-state index is 2.53. The highest BCUT2D eigenvalue weighted by molar-refractivity contribution is 6.81. The quantitative estimate of drug-likeness (QED) is 0.375. The zero-order chi connectivity index (χ0) is 14.2. The van der Waals surface area contributed by atoms with Crippen molar-refractivity contribution < 1.29 is 0 Å². The third-order valence-electron chi connectivity index (χ3n) is 2.80. The van der Waals surface area contributed by atoms with E-state index in [1.165, 1.54) is 36.8 Å². The van der Waals surface area contributed by atoms with Crippen LogP contribution in [0.4, 0.5) is 0 Å². The standard InChI is InChI=1S/C17H32Si/c1-15(2)10-8-11-16(3)12-9-13-17(4)14-18(5,6)7/h10,12,14H,8-9,11,13H2,1-7H3/b16-12+,17-14+. The Bertz CT molecular complexity index is 320. The van der Waals surface area contributed by atoms with Crippen LogP contribution in [0.3, 0.4) is 0 Å². The Morgan fingerprint density at radius 2 is 1.28 bits per heavy atom. The second-order valence-corrected chi connectivity index (χ2v) is 11.8. The van der Waals surface area contributed by atoms with Gasteiger partial charge in [-0.25, -0.2) is 0 Å². The summed E-state index contributed by atoms with van der Waals surface area (Å²) in [5, 5.41) is 0. The molecular weight excluding hydrogens is 232 g/mol. The fourth-order valence-corrected chi connectivity index (χ4v) is 3.67. The predicted octanol–water partition coefficient (Wildman–Crippen LogP) is 6.28. The van der Waals surface area contributed by atoms with Crippen LogP contribution < -0.4 is 0 Å². The third-order valence-corrected chi connectivity index (χ3v) is 4.16. The molecule has 0 aromatic carbocycles. The first kappa shape index (κ1) is 17.4. The van der Waals surface area contributed by atoms with Crippen LogP contribution in [0.2, 0.25) is 19.6 Å². The van der Waals surface area contributed by atoms with E-state index in [4.69, 9.17) is 0 Å². The molecule has 0 rings (SSSR count). The fourth-order valence-electron chi connectivity index (χ4n) is 2.05. The summed E-state index contributed by atoms with van der Waals surface area (Å²) in [6.45, 7) is 16.1. The number of hydrogen-bond acceptors (Lipinski definition) is 0. The lowest BCUT2D eigenvalue weighted by molar-refractivity contribution is 0.919. The minimum absolute atomic E-state index is 1.02. The predicted molar refractivity (Wildman–Crippen MR) is 88.8 cm³/mol. The van der Waals surface area contributed by atoms with Gasteiger partial charge in [0.05, 0.1) is 8.07 Å². The molecule has 0 nitrogen and oxygen atoms in total. The average Bonchev–Trinajstić information content (AvgIpc) is 2.13. The normalized spacial score (nSPS) is 13.7. The van der Waals surface area contributed by atoms with Gasteiger partial charge in [-0.3, -0.25) is 0 Å². The van der Waals surface area contributed by atoms with Gasteiger partial charge in [0, 0.05) is 0 Å². The molecule has 0 heterocycles. The third kappa shape index (κ3) is 11.9. The molecule has 0 saturated carbocycles. The summed E-state index contributed by atoms with van der Waals surface area (Å²) >= 11 is 0. The first-order valence-corrected chi connectivity index (χ1v) is 10.8. The Hall–Kier alpha value is -0.563. The maximum Gasteiger partial charge on any atom is 0.0686 e. The Morgan fingerprint density at radius 1 is 0.778 bits per heavy atom. The van der Waals surface area contributed by atoms with E-state index in [2.05, 4.69) is 65.2 Å². The molecule has 0 aliphatic heterocycles. The summed E-state index contributed by atoms with van der Waals surface area (Å²) in [6, 6.07) is 0. The molecule has 0 N–H and O–H groups in total. The number of hydrogen-bond donors (Lipinski definition) is 0. The highest BCUT2D eigenvalue weighted by Gasteiger charge is 2.08.